The zero-order valence-corrected chi connectivity index (χ0v) is 14.0. The Morgan fingerprint density at radius 2 is 2.10 bits per heavy atom. The van der Waals surface area contributed by atoms with Crippen LogP contribution in [-0.4, -0.2) is 29.0 Å². The molecule has 2 aromatic rings. The Morgan fingerprint density at radius 1 is 1.38 bits per heavy atom. The lowest BCUT2D eigenvalue weighted by Gasteiger charge is -2.22. The minimum absolute atomic E-state index is 0.0939. The van der Waals surface area contributed by atoms with Crippen molar-refractivity contribution in [3.8, 4) is 0 Å². The van der Waals surface area contributed by atoms with Crippen molar-refractivity contribution in [2.45, 2.75) is 37.2 Å². The van der Waals surface area contributed by atoms with Crippen LogP contribution in [0.25, 0.3) is 0 Å². The maximum Gasteiger partial charge on any atom is 0.247 e. The first-order valence-corrected chi connectivity index (χ1v) is 8.98. The summed E-state index contributed by atoms with van der Waals surface area (Å²) in [6.45, 7) is 2.10. The smallest absolute Gasteiger partial charge is 0.247 e. The fraction of sp³-hybridized carbons (Fsp3) is 0.357. The van der Waals surface area contributed by atoms with Crippen LogP contribution in [0.4, 0.5) is 0 Å². The maximum absolute atomic E-state index is 12.9. The van der Waals surface area contributed by atoms with Crippen molar-refractivity contribution in [1.82, 2.24) is 14.5 Å². The predicted molar refractivity (Wildman–Crippen MR) is 83.2 cm³/mol. The summed E-state index contributed by atoms with van der Waals surface area (Å²) in [6.07, 6.45) is 3.22. The van der Waals surface area contributed by atoms with Gasteiger partial charge in [-0.15, -0.1) is 0 Å². The number of aromatic nitrogens is 2. The van der Waals surface area contributed by atoms with Gasteiger partial charge in [0, 0.05) is 17.1 Å². The third kappa shape index (κ3) is 2.90. The first-order chi connectivity index (χ1) is 10.00. The van der Waals surface area contributed by atoms with Crippen LogP contribution in [0.2, 0.25) is 0 Å². The van der Waals surface area contributed by atoms with Gasteiger partial charge in [-0.1, -0.05) is 34.1 Å². The molecule has 112 valence electrons. The number of hydrogen-bond donors (Lipinski definition) is 1. The molecule has 1 N–H and O–H groups in total. The number of rotatable bonds is 5. The van der Waals surface area contributed by atoms with E-state index in [4.69, 9.17) is 0 Å². The van der Waals surface area contributed by atoms with Gasteiger partial charge in [-0.25, -0.2) is 8.42 Å². The Bertz CT molecular complexity index is 753. The second-order valence-electron chi connectivity index (χ2n) is 5.23. The highest BCUT2D eigenvalue weighted by atomic mass is 79.9. The molecule has 0 amide bonds. The molecule has 7 heteroatoms. The Kier molecular flexibility index (Phi) is 3.90. The third-order valence-electron chi connectivity index (χ3n) is 3.61. The number of halogens is 1. The van der Waals surface area contributed by atoms with Crippen LogP contribution in [0.3, 0.4) is 0 Å². The first-order valence-electron chi connectivity index (χ1n) is 6.75. The standard InChI is InChI=1S/C14H16BrN3O2S/c1-10-14(8-16-17-10)21(19,20)18(12-6-7-12)9-11-4-2-3-5-13(11)15/h2-5,8,12H,6-7,9H2,1H3,(H,16,17). The molecule has 1 aliphatic carbocycles. The normalized spacial score (nSPS) is 15.6. The topological polar surface area (TPSA) is 66.1 Å². The molecule has 0 bridgehead atoms. The van der Waals surface area contributed by atoms with Crippen molar-refractivity contribution in [2.75, 3.05) is 0 Å². The number of aromatic amines is 1. The van der Waals surface area contributed by atoms with Gasteiger partial charge in [-0.05, 0) is 31.4 Å². The Morgan fingerprint density at radius 3 is 2.67 bits per heavy atom. The number of nitrogens with one attached hydrogen (secondary N) is 1. The quantitative estimate of drug-likeness (QED) is 0.880. The number of sulfonamides is 1. The van der Waals surface area contributed by atoms with Crippen LogP contribution in [0.5, 0.6) is 0 Å². The lowest BCUT2D eigenvalue weighted by molar-refractivity contribution is 0.398. The summed E-state index contributed by atoms with van der Waals surface area (Å²) in [5.41, 5.74) is 1.54. The van der Waals surface area contributed by atoms with Crippen molar-refractivity contribution >= 4 is 26.0 Å². The largest absolute Gasteiger partial charge is 0.281 e. The zero-order chi connectivity index (χ0) is 15.0. The van der Waals surface area contributed by atoms with Gasteiger partial charge in [0.15, 0.2) is 0 Å². The third-order valence-corrected chi connectivity index (χ3v) is 6.39. The Hall–Kier alpha value is -1.18. The van der Waals surface area contributed by atoms with E-state index in [9.17, 15) is 8.42 Å². The van der Waals surface area contributed by atoms with Crippen LogP contribution in [-0.2, 0) is 16.6 Å². The molecular weight excluding hydrogens is 354 g/mol. The zero-order valence-electron chi connectivity index (χ0n) is 11.6. The monoisotopic (exact) mass is 369 g/mol. The summed E-state index contributed by atoms with van der Waals surface area (Å²) in [7, 11) is -3.52. The van der Waals surface area contributed by atoms with Gasteiger partial charge in [0.25, 0.3) is 0 Å². The van der Waals surface area contributed by atoms with E-state index >= 15 is 0 Å². The number of hydrogen-bond acceptors (Lipinski definition) is 3. The fourth-order valence-corrected chi connectivity index (χ4v) is 4.49. The molecule has 0 atom stereocenters. The number of H-pyrrole nitrogens is 1. The summed E-state index contributed by atoms with van der Waals surface area (Å²) >= 11 is 3.48. The summed E-state index contributed by atoms with van der Waals surface area (Å²) < 4.78 is 28.2. The van der Waals surface area contributed by atoms with Crippen molar-refractivity contribution in [3.05, 3.63) is 46.2 Å². The summed E-state index contributed by atoms with van der Waals surface area (Å²) in [5.74, 6) is 0. The second kappa shape index (κ2) is 5.55. The SMILES string of the molecule is Cc1[nH]ncc1S(=O)(=O)N(Cc1ccccc1Br)C1CC1. The summed E-state index contributed by atoms with van der Waals surface area (Å²) in [5, 5.41) is 6.53. The molecule has 0 radical (unpaired) electrons. The number of nitrogens with zero attached hydrogens (tertiary/aromatic N) is 2. The molecule has 0 aliphatic heterocycles. The highest BCUT2D eigenvalue weighted by Gasteiger charge is 2.39. The van der Waals surface area contributed by atoms with Crippen LogP contribution in [0.1, 0.15) is 24.1 Å². The molecule has 1 aromatic carbocycles. The Balaban J connectivity index is 1.96. The van der Waals surface area contributed by atoms with Crippen LogP contribution in [0, 0.1) is 6.92 Å². The van der Waals surface area contributed by atoms with Crippen LogP contribution in [0.15, 0.2) is 39.8 Å². The lowest BCUT2D eigenvalue weighted by Crippen LogP contribution is -2.33. The maximum atomic E-state index is 12.9. The average molecular weight is 370 g/mol. The van der Waals surface area contributed by atoms with Gasteiger partial charge in [0.2, 0.25) is 10.0 Å². The molecule has 1 saturated carbocycles. The van der Waals surface area contributed by atoms with Crippen molar-refractivity contribution < 1.29 is 8.42 Å². The van der Waals surface area contributed by atoms with Crippen LogP contribution >= 0.6 is 15.9 Å². The highest BCUT2D eigenvalue weighted by molar-refractivity contribution is 9.10. The molecule has 1 fully saturated rings. The highest BCUT2D eigenvalue weighted by Crippen LogP contribution is 2.34. The molecule has 0 spiro atoms. The molecule has 21 heavy (non-hydrogen) atoms. The minimum atomic E-state index is -3.52. The van der Waals surface area contributed by atoms with Crippen LogP contribution < -0.4 is 0 Å². The first kappa shape index (κ1) is 14.7. The molecule has 3 rings (SSSR count). The molecule has 0 saturated heterocycles. The molecule has 1 aliphatic rings. The molecule has 0 unspecified atom stereocenters. The summed E-state index contributed by atoms with van der Waals surface area (Å²) in [4.78, 5) is 0.265. The molecule has 5 nitrogen and oxygen atoms in total. The van der Waals surface area contributed by atoms with Gasteiger partial charge in [-0.2, -0.15) is 9.40 Å². The molecule has 1 heterocycles. The lowest BCUT2D eigenvalue weighted by atomic mass is 10.2. The van der Waals surface area contributed by atoms with E-state index in [1.165, 1.54) is 6.20 Å². The van der Waals surface area contributed by atoms with E-state index in [0.29, 0.717) is 12.2 Å². The van der Waals surface area contributed by atoms with Gasteiger partial charge in [0.1, 0.15) is 4.90 Å². The van der Waals surface area contributed by atoms with E-state index in [1.807, 2.05) is 24.3 Å². The Labute approximate surface area is 132 Å². The number of benzene rings is 1. The summed E-state index contributed by atoms with van der Waals surface area (Å²) in [6, 6.07) is 7.80. The van der Waals surface area contributed by atoms with Gasteiger partial charge in [-0.3, -0.25) is 5.10 Å². The van der Waals surface area contributed by atoms with Crippen molar-refractivity contribution in [2.24, 2.45) is 0 Å². The van der Waals surface area contributed by atoms with E-state index in [2.05, 4.69) is 26.1 Å². The van der Waals surface area contributed by atoms with E-state index < -0.39 is 10.0 Å². The minimum Gasteiger partial charge on any atom is -0.281 e. The average Bonchev–Trinajstić information content (AvgIpc) is 3.18. The van der Waals surface area contributed by atoms with Crippen molar-refractivity contribution in [3.63, 3.8) is 0 Å². The predicted octanol–water partition coefficient (Wildman–Crippen LogP) is 2.83. The molecule has 1 aromatic heterocycles. The fourth-order valence-electron chi connectivity index (χ4n) is 2.29. The van der Waals surface area contributed by atoms with Gasteiger partial charge in [0.05, 0.1) is 11.9 Å². The van der Waals surface area contributed by atoms with E-state index in [1.54, 1.807) is 11.2 Å². The number of aryl methyl sites for hydroxylation is 1. The van der Waals surface area contributed by atoms with Gasteiger partial charge < -0.3 is 0 Å². The van der Waals surface area contributed by atoms with E-state index in [0.717, 1.165) is 22.9 Å². The molecular formula is C14H16BrN3O2S. The van der Waals surface area contributed by atoms with E-state index in [-0.39, 0.29) is 10.9 Å². The van der Waals surface area contributed by atoms with Crippen molar-refractivity contribution in [1.29, 1.82) is 0 Å². The van der Waals surface area contributed by atoms with Gasteiger partial charge >= 0.3 is 0 Å². The second-order valence-corrected chi connectivity index (χ2v) is 7.95.